The Bertz CT molecular complexity index is 449. The monoisotopic (exact) mass is 206 g/mol. The summed E-state index contributed by atoms with van der Waals surface area (Å²) in [5.41, 5.74) is 7.55. The zero-order chi connectivity index (χ0) is 10.1. The fraction of sp³-hybridized carbons (Fsp3) is 0.111. The summed E-state index contributed by atoms with van der Waals surface area (Å²) < 4.78 is 1.65. The third-order valence-electron chi connectivity index (χ3n) is 1.97. The number of hydrogen-bond acceptors (Lipinski definition) is 4. The maximum Gasteiger partial charge on any atom is 0.140 e. The molecule has 0 amide bonds. The average Bonchev–Trinajstić information content (AvgIpc) is 2.47. The standard InChI is InChI=1S/C9H10N4S/c1-6-8(14)9(10)13(12-6)7-2-4-11-5-3-7/h2-5,14H,10H2,1H3. The first-order valence-corrected chi connectivity index (χ1v) is 4.59. The Hall–Kier alpha value is -1.49. The van der Waals surface area contributed by atoms with Gasteiger partial charge in [-0.1, -0.05) is 0 Å². The smallest absolute Gasteiger partial charge is 0.140 e. The van der Waals surface area contributed by atoms with Crippen molar-refractivity contribution in [3.8, 4) is 5.69 Å². The van der Waals surface area contributed by atoms with Crippen molar-refractivity contribution < 1.29 is 0 Å². The minimum atomic E-state index is 0.553. The highest BCUT2D eigenvalue weighted by Gasteiger charge is 2.09. The van der Waals surface area contributed by atoms with E-state index >= 15 is 0 Å². The molecule has 4 nitrogen and oxygen atoms in total. The van der Waals surface area contributed by atoms with Gasteiger partial charge in [-0.05, 0) is 19.1 Å². The lowest BCUT2D eigenvalue weighted by Crippen LogP contribution is -2.01. The van der Waals surface area contributed by atoms with Crippen LogP contribution in [0.15, 0.2) is 29.4 Å². The van der Waals surface area contributed by atoms with Crippen LogP contribution in [0.25, 0.3) is 5.69 Å². The van der Waals surface area contributed by atoms with E-state index in [1.807, 2.05) is 19.1 Å². The second-order valence-corrected chi connectivity index (χ2v) is 3.38. The summed E-state index contributed by atoms with van der Waals surface area (Å²) in [6.45, 7) is 1.87. The van der Waals surface area contributed by atoms with Gasteiger partial charge in [0.05, 0.1) is 16.3 Å². The average molecular weight is 206 g/mol. The van der Waals surface area contributed by atoms with Crippen molar-refractivity contribution in [3.05, 3.63) is 30.2 Å². The van der Waals surface area contributed by atoms with Gasteiger partial charge in [-0.2, -0.15) is 5.10 Å². The molecule has 0 atom stereocenters. The Balaban J connectivity index is 2.58. The van der Waals surface area contributed by atoms with Crippen LogP contribution in [0, 0.1) is 6.92 Å². The lowest BCUT2D eigenvalue weighted by atomic mass is 10.4. The quantitative estimate of drug-likeness (QED) is 0.694. The molecule has 0 aliphatic heterocycles. The molecule has 14 heavy (non-hydrogen) atoms. The first-order valence-electron chi connectivity index (χ1n) is 4.14. The van der Waals surface area contributed by atoms with Gasteiger partial charge in [0.2, 0.25) is 0 Å². The Labute approximate surface area is 87.2 Å². The Kier molecular flexibility index (Phi) is 2.17. The summed E-state index contributed by atoms with van der Waals surface area (Å²) in [6.07, 6.45) is 3.40. The number of aryl methyl sites for hydroxylation is 1. The fourth-order valence-corrected chi connectivity index (χ4v) is 1.36. The Morgan fingerprint density at radius 1 is 1.36 bits per heavy atom. The predicted molar refractivity (Wildman–Crippen MR) is 57.8 cm³/mol. The van der Waals surface area contributed by atoms with Gasteiger partial charge in [0.1, 0.15) is 5.82 Å². The summed E-state index contributed by atoms with van der Waals surface area (Å²) in [4.78, 5) is 4.65. The zero-order valence-corrected chi connectivity index (χ0v) is 8.57. The number of anilines is 1. The molecule has 0 saturated carbocycles. The largest absolute Gasteiger partial charge is 0.383 e. The second kappa shape index (κ2) is 3.34. The van der Waals surface area contributed by atoms with E-state index in [-0.39, 0.29) is 0 Å². The summed E-state index contributed by atoms with van der Waals surface area (Å²) in [7, 11) is 0. The molecule has 0 fully saturated rings. The minimum Gasteiger partial charge on any atom is -0.383 e. The van der Waals surface area contributed by atoms with Crippen LogP contribution in [-0.2, 0) is 0 Å². The van der Waals surface area contributed by atoms with Crippen LogP contribution in [0.4, 0.5) is 5.82 Å². The van der Waals surface area contributed by atoms with Crippen LogP contribution in [-0.4, -0.2) is 14.8 Å². The Morgan fingerprint density at radius 2 is 2.00 bits per heavy atom. The molecule has 0 unspecified atom stereocenters. The molecule has 0 aromatic carbocycles. The van der Waals surface area contributed by atoms with Crippen LogP contribution in [0.3, 0.4) is 0 Å². The summed E-state index contributed by atoms with van der Waals surface area (Å²) in [5, 5.41) is 4.27. The van der Waals surface area contributed by atoms with Crippen LogP contribution < -0.4 is 5.73 Å². The van der Waals surface area contributed by atoms with Gasteiger partial charge in [0, 0.05) is 12.4 Å². The molecule has 5 heteroatoms. The molecular formula is C9H10N4S. The van der Waals surface area contributed by atoms with Gasteiger partial charge >= 0.3 is 0 Å². The third-order valence-corrected chi connectivity index (χ3v) is 2.52. The predicted octanol–water partition coefficient (Wildman–Crippen LogP) is 1.45. The van der Waals surface area contributed by atoms with Crippen molar-refractivity contribution in [3.63, 3.8) is 0 Å². The summed E-state index contributed by atoms with van der Waals surface area (Å²) in [5.74, 6) is 0.553. The number of rotatable bonds is 1. The number of thiol groups is 1. The molecule has 2 rings (SSSR count). The highest BCUT2D eigenvalue weighted by molar-refractivity contribution is 7.80. The first kappa shape index (κ1) is 9.08. The molecule has 2 N–H and O–H groups in total. The van der Waals surface area contributed by atoms with Crippen LogP contribution >= 0.6 is 12.6 Å². The van der Waals surface area contributed by atoms with E-state index in [0.29, 0.717) is 5.82 Å². The first-order chi connectivity index (χ1) is 6.70. The van der Waals surface area contributed by atoms with Crippen molar-refractivity contribution in [1.29, 1.82) is 0 Å². The molecule has 0 spiro atoms. The maximum absolute atomic E-state index is 5.84. The summed E-state index contributed by atoms with van der Waals surface area (Å²) >= 11 is 4.26. The van der Waals surface area contributed by atoms with Crippen molar-refractivity contribution in [2.24, 2.45) is 0 Å². The second-order valence-electron chi connectivity index (χ2n) is 2.94. The number of nitrogen functional groups attached to an aromatic ring is 1. The number of pyridine rings is 1. The molecule has 2 aromatic rings. The van der Waals surface area contributed by atoms with E-state index in [2.05, 4.69) is 22.7 Å². The zero-order valence-electron chi connectivity index (χ0n) is 7.68. The summed E-state index contributed by atoms with van der Waals surface area (Å²) in [6, 6.07) is 3.69. The number of aromatic nitrogens is 3. The van der Waals surface area contributed by atoms with Crippen molar-refractivity contribution in [1.82, 2.24) is 14.8 Å². The molecule has 0 bridgehead atoms. The van der Waals surface area contributed by atoms with E-state index < -0.39 is 0 Å². The highest BCUT2D eigenvalue weighted by Crippen LogP contribution is 2.22. The van der Waals surface area contributed by atoms with Gasteiger partial charge in [-0.3, -0.25) is 4.98 Å². The van der Waals surface area contributed by atoms with Crippen molar-refractivity contribution in [2.75, 3.05) is 5.73 Å². The van der Waals surface area contributed by atoms with Gasteiger partial charge < -0.3 is 5.73 Å². The van der Waals surface area contributed by atoms with E-state index in [0.717, 1.165) is 16.3 Å². The van der Waals surface area contributed by atoms with Crippen molar-refractivity contribution >= 4 is 18.4 Å². The molecule has 0 radical (unpaired) electrons. The normalized spacial score (nSPS) is 10.4. The maximum atomic E-state index is 5.84. The Morgan fingerprint density at radius 3 is 2.50 bits per heavy atom. The number of nitrogens with zero attached hydrogens (tertiary/aromatic N) is 3. The molecule has 0 aliphatic carbocycles. The number of hydrogen-bond donors (Lipinski definition) is 2. The van der Waals surface area contributed by atoms with Gasteiger partial charge in [0.15, 0.2) is 0 Å². The third kappa shape index (κ3) is 1.35. The van der Waals surface area contributed by atoms with Crippen LogP contribution in [0.5, 0.6) is 0 Å². The molecule has 0 aliphatic rings. The molecule has 0 saturated heterocycles. The topological polar surface area (TPSA) is 56.7 Å². The molecule has 72 valence electrons. The molecule has 2 aromatic heterocycles. The minimum absolute atomic E-state index is 0.553. The van der Waals surface area contributed by atoms with Gasteiger partial charge in [-0.25, -0.2) is 4.68 Å². The highest BCUT2D eigenvalue weighted by atomic mass is 32.1. The number of nitrogens with two attached hydrogens (primary N) is 1. The van der Waals surface area contributed by atoms with Crippen LogP contribution in [0.1, 0.15) is 5.69 Å². The SMILES string of the molecule is Cc1nn(-c2ccncc2)c(N)c1S. The van der Waals surface area contributed by atoms with Gasteiger partial charge in [0.25, 0.3) is 0 Å². The van der Waals surface area contributed by atoms with E-state index in [1.54, 1.807) is 17.1 Å². The van der Waals surface area contributed by atoms with Crippen LogP contribution in [0.2, 0.25) is 0 Å². The lowest BCUT2D eigenvalue weighted by molar-refractivity contribution is 0.869. The van der Waals surface area contributed by atoms with Gasteiger partial charge in [-0.15, -0.1) is 12.6 Å². The lowest BCUT2D eigenvalue weighted by Gasteiger charge is -2.02. The fourth-order valence-electron chi connectivity index (χ4n) is 1.22. The van der Waals surface area contributed by atoms with E-state index in [9.17, 15) is 0 Å². The molecular weight excluding hydrogens is 196 g/mol. The van der Waals surface area contributed by atoms with Crippen molar-refractivity contribution in [2.45, 2.75) is 11.8 Å². The van der Waals surface area contributed by atoms with E-state index in [4.69, 9.17) is 5.73 Å². The van der Waals surface area contributed by atoms with E-state index in [1.165, 1.54) is 0 Å². The molecule has 2 heterocycles.